The van der Waals surface area contributed by atoms with Gasteiger partial charge >= 0.3 is 6.01 Å². The van der Waals surface area contributed by atoms with Gasteiger partial charge in [-0.15, -0.1) is 0 Å². The number of alkyl halides is 2. The van der Waals surface area contributed by atoms with E-state index in [0.29, 0.717) is 41.7 Å². The zero-order chi connectivity index (χ0) is 30.0. The first-order valence-electron chi connectivity index (χ1n) is 15.3. The summed E-state index contributed by atoms with van der Waals surface area (Å²) in [5.41, 5.74) is -0.412. The minimum Gasteiger partial charge on any atom is -0.508 e. The van der Waals surface area contributed by atoms with Crippen molar-refractivity contribution in [1.29, 1.82) is 0 Å². The predicted molar refractivity (Wildman–Crippen MR) is 157 cm³/mol. The highest BCUT2D eigenvalue weighted by atomic mass is 19.3. The molecule has 2 aromatic heterocycles. The molecule has 0 amide bonds. The Labute approximate surface area is 251 Å². The van der Waals surface area contributed by atoms with Crippen molar-refractivity contribution in [2.24, 2.45) is 0 Å². The molecule has 0 radical (unpaired) electrons. The van der Waals surface area contributed by atoms with Crippen LogP contribution in [0.4, 0.5) is 19.0 Å². The minimum atomic E-state index is -2.78. The first-order valence-corrected chi connectivity index (χ1v) is 15.3. The molecule has 228 valence electrons. The monoisotopic (exact) mass is 604 g/mol. The van der Waals surface area contributed by atoms with E-state index < -0.39 is 17.3 Å². The van der Waals surface area contributed by atoms with Crippen molar-refractivity contribution in [3.63, 3.8) is 0 Å². The van der Waals surface area contributed by atoms with Crippen LogP contribution in [0.15, 0.2) is 36.4 Å². The average Bonchev–Trinajstić information content (AvgIpc) is 3.41. The van der Waals surface area contributed by atoms with Crippen LogP contribution in [0.3, 0.4) is 0 Å². The summed E-state index contributed by atoms with van der Waals surface area (Å²) in [6, 6.07) is 10.7. The van der Waals surface area contributed by atoms with E-state index in [9.17, 15) is 13.9 Å². The Hall–Kier alpha value is -3.90. The maximum Gasteiger partial charge on any atom is 0.319 e. The van der Waals surface area contributed by atoms with Crippen LogP contribution < -0.4 is 19.7 Å². The second-order valence-electron chi connectivity index (χ2n) is 13.1. The fourth-order valence-corrected chi connectivity index (χ4v) is 8.29. The van der Waals surface area contributed by atoms with Crippen LogP contribution in [0.2, 0.25) is 0 Å². The standard InChI is InChI=1S/C32H31F3N6O3/c1-16-27-22-7-6-18(36-22)12-41(27)28-23-26(38-30(39-28)43-15-31-8-9-40(31)14-32(34,35)13-31)24(33)25(37-29(23)44-16)21-11-19(42)10-17-4-2-3-5-20(17)21/h2-5,10-11,16,18,22,27,36,42H,6-9,12-15H2,1H3/t16-,18+,22-,27+,31+/m0/s1. The third-order valence-electron chi connectivity index (χ3n) is 10.3. The van der Waals surface area contributed by atoms with Crippen molar-refractivity contribution in [2.75, 3.05) is 31.1 Å². The van der Waals surface area contributed by atoms with Crippen molar-refractivity contribution < 1.29 is 27.8 Å². The van der Waals surface area contributed by atoms with Crippen LogP contribution in [0, 0.1) is 5.82 Å². The smallest absolute Gasteiger partial charge is 0.319 e. The van der Waals surface area contributed by atoms with Crippen molar-refractivity contribution in [1.82, 2.24) is 25.2 Å². The number of benzene rings is 2. The number of hydrogen-bond acceptors (Lipinski definition) is 9. The molecule has 2 N–H and O–H groups in total. The molecule has 5 atom stereocenters. The Morgan fingerprint density at radius 3 is 2.84 bits per heavy atom. The Kier molecular flexibility index (Phi) is 5.46. The van der Waals surface area contributed by atoms with E-state index >= 15 is 4.39 Å². The van der Waals surface area contributed by atoms with Gasteiger partial charge in [-0.1, -0.05) is 24.3 Å². The number of rotatable bonds is 4. The Morgan fingerprint density at radius 1 is 1.16 bits per heavy atom. The van der Waals surface area contributed by atoms with E-state index in [-0.39, 0.29) is 72.7 Å². The van der Waals surface area contributed by atoms with Gasteiger partial charge in [0.1, 0.15) is 40.9 Å². The van der Waals surface area contributed by atoms with Crippen molar-refractivity contribution in [3.05, 3.63) is 42.2 Å². The Balaban J connectivity index is 1.23. The number of piperazine rings is 1. The number of ether oxygens (including phenoxy) is 2. The molecule has 0 spiro atoms. The normalized spacial score (nSPS) is 30.0. The Bertz CT molecular complexity index is 1860. The van der Waals surface area contributed by atoms with Crippen molar-refractivity contribution >= 4 is 27.5 Å². The third kappa shape index (κ3) is 3.82. The van der Waals surface area contributed by atoms with E-state index in [1.807, 2.05) is 31.2 Å². The van der Waals surface area contributed by atoms with E-state index in [2.05, 4.69) is 15.2 Å². The van der Waals surface area contributed by atoms with Gasteiger partial charge in [-0.3, -0.25) is 4.90 Å². The molecule has 0 unspecified atom stereocenters. The number of halogens is 3. The van der Waals surface area contributed by atoms with Crippen LogP contribution >= 0.6 is 0 Å². The number of phenols is 1. The number of aromatic hydroxyl groups is 1. The van der Waals surface area contributed by atoms with Crippen LogP contribution in [0.25, 0.3) is 32.9 Å². The molecule has 7 heterocycles. The van der Waals surface area contributed by atoms with Crippen molar-refractivity contribution in [3.8, 4) is 28.9 Å². The maximum absolute atomic E-state index is 16.8. The SMILES string of the molecule is C[C@@H]1Oc2nc(-c3cc(O)cc4ccccc34)c(F)c3nc(OC[C@]45CCN4CC(F)(F)C5)nc(c23)N2C[C@H]3CC[C@H](N3)[C@@H]12. The lowest BCUT2D eigenvalue weighted by atomic mass is 9.85. The third-order valence-corrected chi connectivity index (χ3v) is 10.3. The summed E-state index contributed by atoms with van der Waals surface area (Å²) in [6.07, 6.45) is 1.98. The molecule has 5 aliphatic rings. The molecule has 2 bridgehead atoms. The first-order chi connectivity index (χ1) is 21.2. The molecule has 0 aliphatic carbocycles. The maximum atomic E-state index is 16.8. The molecule has 5 aliphatic heterocycles. The minimum absolute atomic E-state index is 0.0129. The number of hydrogen-bond donors (Lipinski definition) is 2. The summed E-state index contributed by atoms with van der Waals surface area (Å²) in [6.45, 7) is 2.92. The number of pyridine rings is 1. The van der Waals surface area contributed by atoms with E-state index in [1.54, 1.807) is 11.0 Å². The van der Waals surface area contributed by atoms with Crippen LogP contribution in [-0.2, 0) is 0 Å². The lowest BCUT2D eigenvalue weighted by Gasteiger charge is -2.46. The number of anilines is 1. The van der Waals surface area contributed by atoms with Gasteiger partial charge in [0.25, 0.3) is 5.92 Å². The van der Waals surface area contributed by atoms with Gasteiger partial charge in [0.15, 0.2) is 5.82 Å². The summed E-state index contributed by atoms with van der Waals surface area (Å²) in [4.78, 5) is 18.1. The molecular weight excluding hydrogens is 573 g/mol. The number of nitrogens with one attached hydrogen (secondary N) is 1. The number of nitrogens with zero attached hydrogens (tertiary/aromatic N) is 5. The van der Waals surface area contributed by atoms with E-state index in [0.717, 1.165) is 18.2 Å². The average molecular weight is 605 g/mol. The fraction of sp³-hybridized carbons (Fsp3) is 0.469. The lowest BCUT2D eigenvalue weighted by Crippen LogP contribution is -2.62. The second-order valence-corrected chi connectivity index (χ2v) is 13.1. The molecule has 4 aromatic rings. The largest absolute Gasteiger partial charge is 0.508 e. The summed E-state index contributed by atoms with van der Waals surface area (Å²) >= 11 is 0. The number of fused-ring (bicyclic) bond motifs is 7. The van der Waals surface area contributed by atoms with Gasteiger partial charge in [-0.2, -0.15) is 9.97 Å². The first kappa shape index (κ1) is 26.5. The predicted octanol–water partition coefficient (Wildman–Crippen LogP) is 4.64. The molecule has 44 heavy (non-hydrogen) atoms. The zero-order valence-electron chi connectivity index (χ0n) is 24.1. The van der Waals surface area contributed by atoms with Crippen molar-refractivity contribution in [2.45, 2.75) is 68.3 Å². The van der Waals surface area contributed by atoms with Gasteiger partial charge in [0.05, 0.1) is 18.1 Å². The molecule has 0 saturated carbocycles. The van der Waals surface area contributed by atoms with Gasteiger partial charge in [-0.05, 0) is 49.1 Å². The Morgan fingerprint density at radius 2 is 2.02 bits per heavy atom. The topological polar surface area (TPSA) is 95.9 Å². The summed E-state index contributed by atoms with van der Waals surface area (Å²) in [5.74, 6) is -2.81. The highest BCUT2D eigenvalue weighted by molar-refractivity contribution is 6.02. The second kappa shape index (κ2) is 9.07. The molecule has 4 saturated heterocycles. The summed E-state index contributed by atoms with van der Waals surface area (Å²) < 4.78 is 58.2. The summed E-state index contributed by atoms with van der Waals surface area (Å²) in [5, 5.41) is 16.0. The van der Waals surface area contributed by atoms with Gasteiger partial charge in [0, 0.05) is 37.2 Å². The molecular formula is C32H31F3N6O3. The molecule has 12 heteroatoms. The van der Waals surface area contributed by atoms with Crippen LogP contribution in [0.5, 0.6) is 17.6 Å². The highest BCUT2D eigenvalue weighted by Gasteiger charge is 2.60. The van der Waals surface area contributed by atoms with E-state index in [1.165, 1.54) is 6.07 Å². The van der Waals surface area contributed by atoms with Crippen LogP contribution in [0.1, 0.15) is 32.6 Å². The lowest BCUT2D eigenvalue weighted by molar-refractivity contribution is -0.0132. The van der Waals surface area contributed by atoms with Gasteiger partial charge < -0.3 is 24.8 Å². The summed E-state index contributed by atoms with van der Waals surface area (Å²) in [7, 11) is 0. The molecule has 9 nitrogen and oxygen atoms in total. The zero-order valence-corrected chi connectivity index (χ0v) is 24.1. The molecule has 4 fully saturated rings. The highest BCUT2D eigenvalue weighted by Crippen LogP contribution is 2.49. The fourth-order valence-electron chi connectivity index (χ4n) is 8.29. The number of phenolic OH excluding ortho intramolecular Hbond substituents is 1. The van der Waals surface area contributed by atoms with Crippen LogP contribution in [-0.4, -0.2) is 86.9 Å². The molecule has 9 rings (SSSR count). The number of aromatic nitrogens is 3. The molecule has 2 aromatic carbocycles. The van der Waals surface area contributed by atoms with E-state index in [4.69, 9.17) is 19.4 Å². The van der Waals surface area contributed by atoms with Gasteiger partial charge in [-0.25, -0.2) is 18.2 Å². The van der Waals surface area contributed by atoms with Gasteiger partial charge in [0.2, 0.25) is 5.88 Å². The quantitative estimate of drug-likeness (QED) is 0.346.